The zero-order chi connectivity index (χ0) is 13.4. The van der Waals surface area contributed by atoms with Crippen molar-refractivity contribution in [1.29, 1.82) is 0 Å². The van der Waals surface area contributed by atoms with Gasteiger partial charge in [0.2, 0.25) is 0 Å². The third-order valence-corrected chi connectivity index (χ3v) is 3.49. The van der Waals surface area contributed by atoms with Crippen LogP contribution in [-0.2, 0) is 6.42 Å². The summed E-state index contributed by atoms with van der Waals surface area (Å²) in [5.41, 5.74) is 2.89. The molecule has 0 radical (unpaired) electrons. The lowest BCUT2D eigenvalue weighted by Gasteiger charge is -2.15. The Bertz CT molecular complexity index is 628. The van der Waals surface area contributed by atoms with Gasteiger partial charge in [-0.25, -0.2) is 4.39 Å². The highest BCUT2D eigenvalue weighted by Gasteiger charge is 2.22. The van der Waals surface area contributed by atoms with Crippen LogP contribution in [0.5, 0.6) is 11.5 Å². The Morgan fingerprint density at radius 2 is 1.95 bits per heavy atom. The summed E-state index contributed by atoms with van der Waals surface area (Å²) in [5, 5.41) is 21.9. The number of aryl methyl sites for hydroxylation is 1. The van der Waals surface area contributed by atoms with E-state index >= 15 is 0 Å². The number of hydrogen-bond donors (Lipinski definition) is 3. The van der Waals surface area contributed by atoms with Crippen LogP contribution in [0.2, 0.25) is 0 Å². The molecule has 2 aromatic carbocycles. The molecule has 98 valence electrons. The molecule has 0 heterocycles. The molecule has 0 fully saturated rings. The van der Waals surface area contributed by atoms with E-state index in [0.29, 0.717) is 5.69 Å². The minimum atomic E-state index is -0.631. The summed E-state index contributed by atoms with van der Waals surface area (Å²) in [6.45, 7) is 0. The van der Waals surface area contributed by atoms with E-state index in [2.05, 4.69) is 5.32 Å². The first-order valence-corrected chi connectivity index (χ1v) is 6.20. The Morgan fingerprint density at radius 3 is 2.74 bits per heavy atom. The van der Waals surface area contributed by atoms with Crippen molar-refractivity contribution >= 4 is 5.69 Å². The highest BCUT2D eigenvalue weighted by atomic mass is 19.1. The van der Waals surface area contributed by atoms with Crippen molar-refractivity contribution in [2.75, 3.05) is 5.32 Å². The van der Waals surface area contributed by atoms with Crippen molar-refractivity contribution in [1.82, 2.24) is 0 Å². The number of hydrogen-bond acceptors (Lipinski definition) is 3. The van der Waals surface area contributed by atoms with Gasteiger partial charge in [-0.1, -0.05) is 6.07 Å². The second-order valence-corrected chi connectivity index (χ2v) is 4.78. The van der Waals surface area contributed by atoms with E-state index < -0.39 is 5.82 Å². The maximum Gasteiger partial charge on any atom is 0.166 e. The van der Waals surface area contributed by atoms with E-state index in [1.54, 1.807) is 18.2 Å². The van der Waals surface area contributed by atoms with Gasteiger partial charge in [0.05, 0.1) is 6.04 Å². The maximum absolute atomic E-state index is 13.3. The van der Waals surface area contributed by atoms with Gasteiger partial charge in [0.1, 0.15) is 5.75 Å². The molecule has 3 nitrogen and oxygen atoms in total. The topological polar surface area (TPSA) is 52.5 Å². The summed E-state index contributed by atoms with van der Waals surface area (Å²) >= 11 is 0. The van der Waals surface area contributed by atoms with Gasteiger partial charge in [-0.15, -0.1) is 0 Å². The van der Waals surface area contributed by atoms with Crippen LogP contribution in [0.3, 0.4) is 0 Å². The fourth-order valence-corrected chi connectivity index (χ4v) is 2.55. The molecule has 0 saturated carbocycles. The Morgan fingerprint density at radius 1 is 1.11 bits per heavy atom. The van der Waals surface area contributed by atoms with E-state index in [0.717, 1.165) is 24.0 Å². The first kappa shape index (κ1) is 11.8. The van der Waals surface area contributed by atoms with Crippen molar-refractivity contribution in [2.24, 2.45) is 0 Å². The largest absolute Gasteiger partial charge is 0.508 e. The molecule has 0 spiro atoms. The molecule has 1 unspecified atom stereocenters. The maximum atomic E-state index is 13.3. The van der Waals surface area contributed by atoms with Crippen LogP contribution in [-0.4, -0.2) is 10.2 Å². The molecule has 0 bridgehead atoms. The van der Waals surface area contributed by atoms with Crippen molar-refractivity contribution in [3.63, 3.8) is 0 Å². The summed E-state index contributed by atoms with van der Waals surface area (Å²) in [4.78, 5) is 0. The molecular formula is C15H14FNO2. The normalized spacial score (nSPS) is 17.2. The number of halogens is 1. The second kappa shape index (κ2) is 4.46. The van der Waals surface area contributed by atoms with Crippen LogP contribution < -0.4 is 5.32 Å². The highest BCUT2D eigenvalue weighted by Crippen LogP contribution is 2.36. The van der Waals surface area contributed by atoms with Crippen LogP contribution in [0.4, 0.5) is 10.1 Å². The Labute approximate surface area is 110 Å². The van der Waals surface area contributed by atoms with Gasteiger partial charge in [-0.3, -0.25) is 0 Å². The van der Waals surface area contributed by atoms with E-state index in [-0.39, 0.29) is 17.5 Å². The summed E-state index contributed by atoms with van der Waals surface area (Å²) in [7, 11) is 0. The van der Waals surface area contributed by atoms with Gasteiger partial charge in [-0.2, -0.15) is 0 Å². The molecular weight excluding hydrogens is 245 g/mol. The number of nitrogens with one attached hydrogen (secondary N) is 1. The summed E-state index contributed by atoms with van der Waals surface area (Å²) < 4.78 is 13.3. The predicted octanol–water partition coefficient (Wildman–Crippen LogP) is 3.34. The van der Waals surface area contributed by atoms with Crippen LogP contribution in [0, 0.1) is 5.82 Å². The Hall–Kier alpha value is -2.23. The number of aromatic hydroxyl groups is 2. The van der Waals surface area contributed by atoms with Crippen molar-refractivity contribution < 1.29 is 14.6 Å². The molecule has 0 aromatic heterocycles. The van der Waals surface area contributed by atoms with Gasteiger partial charge < -0.3 is 15.5 Å². The van der Waals surface area contributed by atoms with E-state index in [9.17, 15) is 9.50 Å². The third kappa shape index (κ3) is 2.21. The van der Waals surface area contributed by atoms with Gasteiger partial charge in [0.15, 0.2) is 11.6 Å². The minimum absolute atomic E-state index is 0.111. The molecule has 1 atom stereocenters. The molecule has 1 aliphatic carbocycles. The summed E-state index contributed by atoms with van der Waals surface area (Å²) in [5.74, 6) is -0.703. The Kier molecular flexibility index (Phi) is 2.78. The number of fused-ring (bicyclic) bond motifs is 1. The fraction of sp³-hybridized carbons (Fsp3) is 0.200. The molecule has 1 aliphatic rings. The lowest BCUT2D eigenvalue weighted by molar-refractivity contribution is 0.432. The Balaban J connectivity index is 1.84. The van der Waals surface area contributed by atoms with Gasteiger partial charge in [0.25, 0.3) is 0 Å². The van der Waals surface area contributed by atoms with Gasteiger partial charge in [0, 0.05) is 11.8 Å². The van der Waals surface area contributed by atoms with E-state index in [4.69, 9.17) is 5.11 Å². The number of rotatable bonds is 2. The molecule has 0 aliphatic heterocycles. The fourth-order valence-electron chi connectivity index (χ4n) is 2.55. The van der Waals surface area contributed by atoms with Crippen molar-refractivity contribution in [3.8, 4) is 11.5 Å². The van der Waals surface area contributed by atoms with Crippen LogP contribution in [0.1, 0.15) is 23.6 Å². The quantitative estimate of drug-likeness (QED) is 0.725. The molecule has 2 aromatic rings. The van der Waals surface area contributed by atoms with Crippen LogP contribution >= 0.6 is 0 Å². The molecule has 19 heavy (non-hydrogen) atoms. The number of phenolic OH excluding ortho intramolecular Hbond substituents is 2. The first-order valence-electron chi connectivity index (χ1n) is 6.20. The number of anilines is 1. The number of phenols is 2. The molecule has 3 N–H and O–H groups in total. The summed E-state index contributed by atoms with van der Waals surface area (Å²) in [6, 6.07) is 9.71. The van der Waals surface area contributed by atoms with Crippen molar-refractivity contribution in [3.05, 3.63) is 53.3 Å². The highest BCUT2D eigenvalue weighted by molar-refractivity contribution is 5.51. The molecule has 0 amide bonds. The number of benzene rings is 2. The smallest absolute Gasteiger partial charge is 0.166 e. The lowest BCUT2D eigenvalue weighted by atomic mass is 10.1. The van der Waals surface area contributed by atoms with Gasteiger partial charge >= 0.3 is 0 Å². The zero-order valence-electron chi connectivity index (χ0n) is 10.2. The molecule has 4 heteroatoms. The van der Waals surface area contributed by atoms with Crippen LogP contribution in [0.15, 0.2) is 36.4 Å². The zero-order valence-corrected chi connectivity index (χ0v) is 10.2. The third-order valence-electron chi connectivity index (χ3n) is 3.49. The molecule has 0 saturated heterocycles. The standard InChI is InChI=1S/C15H14FNO2/c16-13-8-10(2-6-15(13)19)17-14-5-1-9-7-11(18)3-4-12(9)14/h2-4,6-8,14,17-19H,1,5H2. The summed E-state index contributed by atoms with van der Waals surface area (Å²) in [6.07, 6.45) is 1.79. The lowest BCUT2D eigenvalue weighted by Crippen LogP contribution is -2.07. The minimum Gasteiger partial charge on any atom is -0.508 e. The average molecular weight is 259 g/mol. The van der Waals surface area contributed by atoms with E-state index in [1.807, 2.05) is 6.07 Å². The molecule has 3 rings (SSSR count). The van der Waals surface area contributed by atoms with Crippen LogP contribution in [0.25, 0.3) is 0 Å². The predicted molar refractivity (Wildman–Crippen MR) is 70.9 cm³/mol. The average Bonchev–Trinajstić information content (AvgIpc) is 2.76. The van der Waals surface area contributed by atoms with Gasteiger partial charge in [-0.05, 0) is 48.2 Å². The SMILES string of the molecule is Oc1ccc2c(c1)CCC2Nc1ccc(O)c(F)c1. The monoisotopic (exact) mass is 259 g/mol. The second-order valence-electron chi connectivity index (χ2n) is 4.78. The first-order chi connectivity index (χ1) is 9.13. The van der Waals surface area contributed by atoms with Crippen molar-refractivity contribution in [2.45, 2.75) is 18.9 Å². The van der Waals surface area contributed by atoms with E-state index in [1.165, 1.54) is 12.1 Å².